The lowest BCUT2D eigenvalue weighted by atomic mass is 9.99. The van der Waals surface area contributed by atoms with Crippen molar-refractivity contribution in [2.75, 3.05) is 23.7 Å². The fraction of sp³-hybridized carbons (Fsp3) is 0.682. The van der Waals surface area contributed by atoms with Gasteiger partial charge >= 0.3 is 0 Å². The van der Waals surface area contributed by atoms with Crippen LogP contribution in [0.15, 0.2) is 24.3 Å². The maximum Gasteiger partial charge on any atom is 0.232 e. The average molecular weight is 427 g/mol. The normalized spacial score (nSPS) is 12.6. The van der Waals surface area contributed by atoms with Crippen molar-refractivity contribution in [3.8, 4) is 5.75 Å². The first-order valence-electron chi connectivity index (χ1n) is 10.7. The zero-order valence-electron chi connectivity index (χ0n) is 18.6. The summed E-state index contributed by atoms with van der Waals surface area (Å²) in [6.07, 6.45) is 6.47. The molecule has 0 aliphatic carbocycles. The molecule has 0 aliphatic heterocycles. The molecule has 0 spiro atoms. The summed E-state index contributed by atoms with van der Waals surface area (Å²) >= 11 is 0. The van der Waals surface area contributed by atoms with E-state index in [0.29, 0.717) is 36.7 Å². The van der Waals surface area contributed by atoms with Gasteiger partial charge in [-0.3, -0.25) is 9.10 Å². The van der Waals surface area contributed by atoms with Gasteiger partial charge in [0.15, 0.2) is 0 Å². The zero-order chi connectivity index (χ0) is 21.9. The maximum absolute atomic E-state index is 12.3. The SMILES string of the molecule is CCCC[C@H](CC)CNC(=O)CCCN(c1cccc(OC(C)C)c1)S(C)(=O)=O. The van der Waals surface area contributed by atoms with Crippen molar-refractivity contribution in [2.24, 2.45) is 5.92 Å². The van der Waals surface area contributed by atoms with E-state index in [2.05, 4.69) is 19.2 Å². The molecule has 29 heavy (non-hydrogen) atoms. The Morgan fingerprint density at radius 1 is 1.21 bits per heavy atom. The number of nitrogens with zero attached hydrogens (tertiary/aromatic N) is 1. The Morgan fingerprint density at radius 3 is 2.52 bits per heavy atom. The summed E-state index contributed by atoms with van der Waals surface area (Å²) < 4.78 is 31.6. The molecule has 0 fully saturated rings. The van der Waals surface area contributed by atoms with Gasteiger partial charge in [0.1, 0.15) is 5.75 Å². The van der Waals surface area contributed by atoms with Crippen molar-refractivity contribution in [2.45, 2.75) is 72.3 Å². The molecular formula is C22H38N2O4S. The lowest BCUT2D eigenvalue weighted by molar-refractivity contribution is -0.121. The molecule has 1 N–H and O–H groups in total. The maximum atomic E-state index is 12.3. The number of anilines is 1. The fourth-order valence-electron chi connectivity index (χ4n) is 3.14. The smallest absolute Gasteiger partial charge is 0.232 e. The van der Waals surface area contributed by atoms with E-state index in [0.717, 1.165) is 19.3 Å². The molecule has 1 aromatic carbocycles. The van der Waals surface area contributed by atoms with Crippen LogP contribution in [0.2, 0.25) is 0 Å². The molecule has 0 aromatic heterocycles. The highest BCUT2D eigenvalue weighted by Gasteiger charge is 2.18. The number of nitrogens with one attached hydrogen (secondary N) is 1. The number of ether oxygens (including phenoxy) is 1. The number of hydrogen-bond acceptors (Lipinski definition) is 4. The third-order valence-corrected chi connectivity index (χ3v) is 5.97. The third kappa shape index (κ3) is 10.0. The van der Waals surface area contributed by atoms with Crippen LogP contribution in [0.25, 0.3) is 0 Å². The largest absolute Gasteiger partial charge is 0.491 e. The van der Waals surface area contributed by atoms with E-state index >= 15 is 0 Å². The predicted molar refractivity (Wildman–Crippen MR) is 120 cm³/mol. The molecule has 0 heterocycles. The van der Waals surface area contributed by atoms with Crippen LogP contribution in [0.3, 0.4) is 0 Å². The molecule has 7 heteroatoms. The molecule has 0 aliphatic rings. The fourth-order valence-corrected chi connectivity index (χ4v) is 4.10. The van der Waals surface area contributed by atoms with Gasteiger partial charge < -0.3 is 10.1 Å². The van der Waals surface area contributed by atoms with Crippen molar-refractivity contribution in [3.63, 3.8) is 0 Å². The molecular weight excluding hydrogens is 388 g/mol. The molecule has 0 saturated carbocycles. The van der Waals surface area contributed by atoms with Gasteiger partial charge in [-0.05, 0) is 44.7 Å². The van der Waals surface area contributed by atoms with E-state index in [4.69, 9.17) is 4.74 Å². The van der Waals surface area contributed by atoms with Gasteiger partial charge in [-0.2, -0.15) is 0 Å². The molecule has 1 amide bonds. The second-order valence-corrected chi connectivity index (χ2v) is 9.73. The Hall–Kier alpha value is -1.76. The van der Waals surface area contributed by atoms with Gasteiger partial charge in [-0.25, -0.2) is 8.42 Å². The minimum atomic E-state index is -3.46. The van der Waals surface area contributed by atoms with Crippen molar-refractivity contribution in [1.29, 1.82) is 0 Å². The van der Waals surface area contributed by atoms with E-state index in [1.54, 1.807) is 24.3 Å². The van der Waals surface area contributed by atoms with Crippen LogP contribution in [-0.2, 0) is 14.8 Å². The summed E-state index contributed by atoms with van der Waals surface area (Å²) in [5.41, 5.74) is 0.552. The molecule has 166 valence electrons. The Balaban J connectivity index is 2.62. The molecule has 0 unspecified atom stereocenters. The number of unbranched alkanes of at least 4 members (excludes halogenated alkanes) is 1. The molecule has 0 bridgehead atoms. The number of rotatable bonds is 14. The first-order valence-corrected chi connectivity index (χ1v) is 12.5. The first-order chi connectivity index (χ1) is 13.7. The Labute approximate surface area is 177 Å². The summed E-state index contributed by atoms with van der Waals surface area (Å²) in [6, 6.07) is 7.05. The van der Waals surface area contributed by atoms with Crippen molar-refractivity contribution in [1.82, 2.24) is 5.32 Å². The molecule has 1 rings (SSSR count). The standard InChI is InChI=1S/C22H38N2O4S/c1-6-8-11-19(7-2)17-23-22(25)14-10-15-24(29(5,26)27)20-12-9-13-21(16-20)28-18(3)4/h9,12-13,16,18-19H,6-8,10-11,14-15,17H2,1-5H3,(H,23,25)/t19-/m0/s1. The Kier molecular flexibility index (Phi) is 11.1. The Morgan fingerprint density at radius 2 is 1.93 bits per heavy atom. The van der Waals surface area contributed by atoms with Crippen LogP contribution in [0, 0.1) is 5.92 Å². The van der Waals surface area contributed by atoms with Gasteiger partial charge in [0.25, 0.3) is 0 Å². The summed E-state index contributed by atoms with van der Waals surface area (Å²) in [5.74, 6) is 1.11. The van der Waals surface area contributed by atoms with Crippen LogP contribution in [0.1, 0.15) is 66.2 Å². The third-order valence-electron chi connectivity index (χ3n) is 4.77. The van der Waals surface area contributed by atoms with Crippen molar-refractivity contribution in [3.05, 3.63) is 24.3 Å². The second-order valence-electron chi connectivity index (χ2n) is 7.82. The minimum Gasteiger partial charge on any atom is -0.491 e. The zero-order valence-corrected chi connectivity index (χ0v) is 19.4. The van der Waals surface area contributed by atoms with Gasteiger partial charge in [0.05, 0.1) is 18.0 Å². The van der Waals surface area contributed by atoms with Gasteiger partial charge in [0.2, 0.25) is 15.9 Å². The van der Waals surface area contributed by atoms with Crippen LogP contribution in [0.4, 0.5) is 5.69 Å². The number of hydrogen-bond donors (Lipinski definition) is 1. The van der Waals surface area contributed by atoms with Crippen LogP contribution in [-0.4, -0.2) is 39.8 Å². The summed E-state index contributed by atoms with van der Waals surface area (Å²) in [6.45, 7) is 9.11. The molecule has 0 saturated heterocycles. The number of benzene rings is 1. The molecule has 6 nitrogen and oxygen atoms in total. The van der Waals surface area contributed by atoms with Crippen molar-refractivity contribution >= 4 is 21.6 Å². The summed E-state index contributed by atoms with van der Waals surface area (Å²) in [5, 5.41) is 3.00. The number of carbonyl (C=O) groups is 1. The minimum absolute atomic E-state index is 0.00454. The van der Waals surface area contributed by atoms with Gasteiger partial charge in [-0.15, -0.1) is 0 Å². The first kappa shape index (κ1) is 25.3. The lowest BCUT2D eigenvalue weighted by Gasteiger charge is -2.23. The van der Waals surface area contributed by atoms with Crippen molar-refractivity contribution < 1.29 is 17.9 Å². The average Bonchev–Trinajstić information content (AvgIpc) is 2.64. The van der Waals surface area contributed by atoms with Gasteiger partial charge in [0, 0.05) is 25.6 Å². The van der Waals surface area contributed by atoms with E-state index in [9.17, 15) is 13.2 Å². The highest BCUT2D eigenvalue weighted by Crippen LogP contribution is 2.24. The molecule has 1 aromatic rings. The van der Waals surface area contributed by atoms with E-state index in [1.165, 1.54) is 17.0 Å². The predicted octanol–water partition coefficient (Wildman–Crippen LogP) is 4.35. The molecule has 0 radical (unpaired) electrons. The summed E-state index contributed by atoms with van der Waals surface area (Å²) in [4.78, 5) is 12.2. The monoisotopic (exact) mass is 426 g/mol. The highest BCUT2D eigenvalue weighted by molar-refractivity contribution is 7.92. The van der Waals surface area contributed by atoms with Crippen LogP contribution < -0.4 is 14.4 Å². The van der Waals surface area contributed by atoms with Crippen LogP contribution >= 0.6 is 0 Å². The lowest BCUT2D eigenvalue weighted by Crippen LogP contribution is -2.33. The number of carbonyl (C=O) groups excluding carboxylic acids is 1. The van der Waals surface area contributed by atoms with E-state index in [-0.39, 0.29) is 18.6 Å². The quantitative estimate of drug-likeness (QED) is 0.480. The number of amides is 1. The second kappa shape index (κ2) is 12.7. The van der Waals surface area contributed by atoms with E-state index in [1.807, 2.05) is 13.8 Å². The summed E-state index contributed by atoms with van der Waals surface area (Å²) in [7, 11) is -3.46. The highest BCUT2D eigenvalue weighted by atomic mass is 32.2. The topological polar surface area (TPSA) is 75.7 Å². The van der Waals surface area contributed by atoms with E-state index < -0.39 is 10.0 Å². The number of sulfonamides is 1. The molecule has 1 atom stereocenters. The Bertz CT molecular complexity index is 719. The van der Waals surface area contributed by atoms with Gasteiger partial charge in [-0.1, -0.05) is 39.2 Å². The van der Waals surface area contributed by atoms with Crippen LogP contribution in [0.5, 0.6) is 5.75 Å².